The van der Waals surface area contributed by atoms with Crippen LogP contribution in [0, 0.1) is 5.82 Å². The molecule has 1 unspecified atom stereocenters. The van der Waals surface area contributed by atoms with Crippen molar-refractivity contribution in [2.24, 2.45) is 0 Å². The lowest BCUT2D eigenvalue weighted by Crippen LogP contribution is -2.10. The molecule has 0 saturated heterocycles. The summed E-state index contributed by atoms with van der Waals surface area (Å²) in [6.45, 7) is 0. The summed E-state index contributed by atoms with van der Waals surface area (Å²) in [5.41, 5.74) is 0.870. The molecule has 0 aliphatic heterocycles. The van der Waals surface area contributed by atoms with E-state index in [1.807, 2.05) is 6.07 Å². The first kappa shape index (κ1) is 14.5. The van der Waals surface area contributed by atoms with Crippen LogP contribution in [0.1, 0.15) is 23.3 Å². The summed E-state index contributed by atoms with van der Waals surface area (Å²) in [5.74, 6) is -0.419. The monoisotopic (exact) mass is 298 g/mol. The third kappa shape index (κ3) is 4.60. The van der Waals surface area contributed by atoms with E-state index in [9.17, 15) is 9.50 Å². The number of aliphatic hydroxyl groups excluding tert-OH is 1. The van der Waals surface area contributed by atoms with Gasteiger partial charge in [0, 0.05) is 4.88 Å². The first-order valence-corrected chi connectivity index (χ1v) is 7.55. The maximum atomic E-state index is 13.0. The highest BCUT2D eigenvalue weighted by Crippen LogP contribution is 2.18. The largest absolute Gasteiger partial charge is 0.393 e. The average Bonchev–Trinajstić information content (AvgIpc) is 2.87. The van der Waals surface area contributed by atoms with Crippen LogP contribution >= 0.6 is 22.9 Å². The second-order valence-corrected chi connectivity index (χ2v) is 6.02. The average molecular weight is 299 g/mol. The lowest BCUT2D eigenvalue weighted by Gasteiger charge is -2.10. The molecule has 2 rings (SSSR count). The Hall–Kier alpha value is -0.900. The Morgan fingerprint density at radius 1 is 1.32 bits per heavy atom. The molecule has 1 heterocycles. The zero-order valence-corrected chi connectivity index (χ0v) is 12.1. The second kappa shape index (κ2) is 7.04. The lowest BCUT2D eigenvalue weighted by atomic mass is 10.0. The van der Waals surface area contributed by atoms with Crippen molar-refractivity contribution in [3.8, 4) is 0 Å². The van der Waals surface area contributed by atoms with Gasteiger partial charge in [-0.25, -0.2) is 4.39 Å². The van der Waals surface area contributed by atoms with Crippen LogP contribution in [0.25, 0.3) is 0 Å². The summed E-state index contributed by atoms with van der Waals surface area (Å²) in [4.78, 5) is 1.34. The highest BCUT2D eigenvalue weighted by atomic mass is 35.5. The molecule has 4 heteroatoms. The van der Waals surface area contributed by atoms with Crippen molar-refractivity contribution in [1.29, 1.82) is 0 Å². The predicted octanol–water partition coefficient (Wildman–Crippen LogP) is 4.47. The Balaban J connectivity index is 1.77. The molecular weight excluding hydrogens is 283 g/mol. The summed E-state index contributed by atoms with van der Waals surface area (Å²) in [5, 5.41) is 12.1. The Labute approximate surface area is 121 Å². The van der Waals surface area contributed by atoms with Gasteiger partial charge in [-0.05, 0) is 54.8 Å². The summed E-state index contributed by atoms with van der Waals surface area (Å²) >= 11 is 7.46. The molecule has 0 fully saturated rings. The van der Waals surface area contributed by atoms with Gasteiger partial charge in [-0.3, -0.25) is 0 Å². The van der Waals surface area contributed by atoms with Gasteiger partial charge in [-0.15, -0.1) is 11.3 Å². The normalized spacial score (nSPS) is 12.6. The summed E-state index contributed by atoms with van der Waals surface area (Å²) < 4.78 is 13.0. The van der Waals surface area contributed by atoms with Gasteiger partial charge in [0.2, 0.25) is 0 Å². The van der Waals surface area contributed by atoms with Crippen LogP contribution in [0.3, 0.4) is 0 Å². The topological polar surface area (TPSA) is 20.2 Å². The van der Waals surface area contributed by atoms with Gasteiger partial charge < -0.3 is 5.11 Å². The molecule has 1 aromatic carbocycles. The van der Waals surface area contributed by atoms with Crippen molar-refractivity contribution in [3.05, 3.63) is 57.0 Å². The fraction of sp³-hybridized carbons (Fsp3) is 0.333. The first-order chi connectivity index (χ1) is 9.15. The molecule has 1 N–H and O–H groups in total. The summed E-state index contributed by atoms with van der Waals surface area (Å²) in [7, 11) is 0. The van der Waals surface area contributed by atoms with Crippen molar-refractivity contribution >= 4 is 22.9 Å². The second-order valence-electron chi connectivity index (χ2n) is 4.58. The van der Waals surface area contributed by atoms with Crippen molar-refractivity contribution in [2.75, 3.05) is 0 Å². The van der Waals surface area contributed by atoms with Gasteiger partial charge >= 0.3 is 0 Å². The number of benzene rings is 1. The standard InChI is InChI=1S/C15H16ClFOS/c16-14-10-11(6-7-15(14)17)9-12(18)3-1-4-13-5-2-8-19-13/h2,5-8,10,12,18H,1,3-4,9H2. The van der Waals surface area contributed by atoms with Crippen LogP contribution < -0.4 is 0 Å². The minimum atomic E-state index is -0.419. The molecule has 0 bridgehead atoms. The Kier molecular flexibility index (Phi) is 5.37. The molecular formula is C15H16ClFOS. The molecule has 0 amide bonds. The van der Waals surface area contributed by atoms with E-state index in [1.165, 1.54) is 10.9 Å². The summed E-state index contributed by atoms with van der Waals surface area (Å²) in [6, 6.07) is 8.74. The fourth-order valence-corrected chi connectivity index (χ4v) is 2.96. The molecule has 0 aliphatic rings. The number of thiophene rings is 1. The minimum Gasteiger partial charge on any atom is -0.393 e. The van der Waals surface area contributed by atoms with E-state index in [1.54, 1.807) is 23.5 Å². The van der Waals surface area contributed by atoms with Crippen LogP contribution in [0.15, 0.2) is 35.7 Å². The molecule has 2 aromatic rings. The molecule has 0 radical (unpaired) electrons. The molecule has 102 valence electrons. The highest BCUT2D eigenvalue weighted by Gasteiger charge is 2.08. The highest BCUT2D eigenvalue weighted by molar-refractivity contribution is 7.09. The fourth-order valence-electron chi connectivity index (χ4n) is 2.01. The molecule has 1 atom stereocenters. The number of aliphatic hydroxyl groups is 1. The van der Waals surface area contributed by atoms with E-state index in [0.29, 0.717) is 6.42 Å². The zero-order valence-electron chi connectivity index (χ0n) is 10.5. The van der Waals surface area contributed by atoms with E-state index in [0.717, 1.165) is 24.8 Å². The van der Waals surface area contributed by atoms with Gasteiger partial charge in [-0.1, -0.05) is 23.7 Å². The van der Waals surface area contributed by atoms with Gasteiger partial charge in [0.15, 0.2) is 0 Å². The molecule has 0 aliphatic carbocycles. The van der Waals surface area contributed by atoms with Crippen LogP contribution in [0.5, 0.6) is 0 Å². The van der Waals surface area contributed by atoms with Crippen LogP contribution in [-0.4, -0.2) is 11.2 Å². The van der Waals surface area contributed by atoms with E-state index in [2.05, 4.69) is 11.4 Å². The first-order valence-electron chi connectivity index (χ1n) is 6.29. The van der Waals surface area contributed by atoms with Crippen LogP contribution in [0.2, 0.25) is 5.02 Å². The van der Waals surface area contributed by atoms with Crippen molar-refractivity contribution < 1.29 is 9.50 Å². The van der Waals surface area contributed by atoms with Crippen LogP contribution in [0.4, 0.5) is 4.39 Å². The van der Waals surface area contributed by atoms with Crippen molar-refractivity contribution in [2.45, 2.75) is 31.8 Å². The number of rotatable bonds is 6. The molecule has 19 heavy (non-hydrogen) atoms. The maximum absolute atomic E-state index is 13.0. The SMILES string of the molecule is OC(CCCc1cccs1)Cc1ccc(F)c(Cl)c1. The van der Waals surface area contributed by atoms with Gasteiger partial charge in [0.05, 0.1) is 11.1 Å². The third-order valence-corrected chi connectivity index (χ3v) is 4.22. The quantitative estimate of drug-likeness (QED) is 0.834. The van der Waals surface area contributed by atoms with Crippen molar-refractivity contribution in [1.82, 2.24) is 0 Å². The number of hydrogen-bond acceptors (Lipinski definition) is 2. The van der Waals surface area contributed by atoms with E-state index in [-0.39, 0.29) is 5.02 Å². The predicted molar refractivity (Wildman–Crippen MR) is 78.4 cm³/mol. The molecule has 1 nitrogen and oxygen atoms in total. The molecule has 1 aromatic heterocycles. The molecule has 0 spiro atoms. The maximum Gasteiger partial charge on any atom is 0.141 e. The third-order valence-electron chi connectivity index (χ3n) is 3.00. The Bertz CT molecular complexity index is 513. The van der Waals surface area contributed by atoms with Crippen molar-refractivity contribution in [3.63, 3.8) is 0 Å². The van der Waals surface area contributed by atoms with E-state index in [4.69, 9.17) is 11.6 Å². The molecule has 0 saturated carbocycles. The smallest absolute Gasteiger partial charge is 0.141 e. The van der Waals surface area contributed by atoms with Gasteiger partial charge in [0.1, 0.15) is 5.82 Å². The Morgan fingerprint density at radius 2 is 2.16 bits per heavy atom. The Morgan fingerprint density at radius 3 is 2.84 bits per heavy atom. The lowest BCUT2D eigenvalue weighted by molar-refractivity contribution is 0.162. The zero-order chi connectivity index (χ0) is 13.7. The van der Waals surface area contributed by atoms with Gasteiger partial charge in [0.25, 0.3) is 0 Å². The number of hydrogen-bond donors (Lipinski definition) is 1. The van der Waals surface area contributed by atoms with Gasteiger partial charge in [-0.2, -0.15) is 0 Å². The number of halogens is 2. The minimum absolute atomic E-state index is 0.114. The number of aryl methyl sites for hydroxylation is 1. The summed E-state index contributed by atoms with van der Waals surface area (Å²) in [6.07, 6.45) is 2.81. The van der Waals surface area contributed by atoms with E-state index < -0.39 is 11.9 Å². The van der Waals surface area contributed by atoms with E-state index >= 15 is 0 Å². The van der Waals surface area contributed by atoms with Crippen LogP contribution in [-0.2, 0) is 12.8 Å².